The predicted octanol–water partition coefficient (Wildman–Crippen LogP) is 2.64. The maximum Gasteiger partial charge on any atom is 0.120 e. The molecule has 1 heterocycles. The van der Waals surface area contributed by atoms with Gasteiger partial charge in [0.25, 0.3) is 0 Å². The third-order valence-corrected chi connectivity index (χ3v) is 3.17. The van der Waals surface area contributed by atoms with Crippen molar-refractivity contribution in [3.63, 3.8) is 0 Å². The fraction of sp³-hybridized carbons (Fsp3) is 0.200. The number of rotatable bonds is 5. The van der Waals surface area contributed by atoms with Crippen molar-refractivity contribution in [2.45, 2.75) is 13.5 Å². The number of pyridine rings is 1. The van der Waals surface area contributed by atoms with Crippen LogP contribution >= 0.6 is 12.2 Å². The molecule has 0 saturated heterocycles. The van der Waals surface area contributed by atoms with Crippen molar-refractivity contribution in [1.29, 1.82) is 0 Å². The van der Waals surface area contributed by atoms with Crippen LogP contribution in [0.1, 0.15) is 16.8 Å². The zero-order valence-corrected chi connectivity index (χ0v) is 12.3. The molecule has 0 atom stereocenters. The highest BCUT2D eigenvalue weighted by molar-refractivity contribution is 7.80. The number of methoxy groups -OCH3 is 1. The molecule has 5 heteroatoms. The second kappa shape index (κ2) is 6.34. The topological polar surface area (TPSA) is 60.2 Å². The van der Waals surface area contributed by atoms with Crippen LogP contribution in [0.15, 0.2) is 36.5 Å². The molecule has 1 aromatic heterocycles. The molecule has 0 aliphatic carbocycles. The van der Waals surface area contributed by atoms with Gasteiger partial charge in [-0.2, -0.15) is 0 Å². The van der Waals surface area contributed by atoms with Gasteiger partial charge in [-0.25, -0.2) is 0 Å². The normalized spacial score (nSPS) is 10.1. The van der Waals surface area contributed by atoms with E-state index in [9.17, 15) is 0 Å². The lowest BCUT2D eigenvalue weighted by molar-refractivity contribution is 0.415. The Bertz CT molecular complexity index is 611. The minimum atomic E-state index is 0.359. The third kappa shape index (κ3) is 3.45. The number of thiocarbonyl (C=S) groups is 1. The predicted molar refractivity (Wildman–Crippen MR) is 85.2 cm³/mol. The van der Waals surface area contributed by atoms with Crippen molar-refractivity contribution < 1.29 is 4.74 Å². The van der Waals surface area contributed by atoms with Crippen molar-refractivity contribution in [3.05, 3.63) is 53.3 Å². The van der Waals surface area contributed by atoms with Crippen molar-refractivity contribution in [2.24, 2.45) is 5.73 Å². The first-order valence-corrected chi connectivity index (χ1v) is 6.64. The van der Waals surface area contributed by atoms with Crippen LogP contribution in [0.5, 0.6) is 5.75 Å². The summed E-state index contributed by atoms with van der Waals surface area (Å²) in [6, 6.07) is 9.60. The fourth-order valence-corrected chi connectivity index (χ4v) is 1.99. The summed E-state index contributed by atoms with van der Waals surface area (Å²) in [7, 11) is 1.63. The number of nitrogens with two attached hydrogens (primary N) is 1. The Labute approximate surface area is 124 Å². The van der Waals surface area contributed by atoms with Crippen LogP contribution in [-0.4, -0.2) is 17.1 Å². The van der Waals surface area contributed by atoms with Crippen LogP contribution < -0.4 is 15.8 Å². The maximum absolute atomic E-state index is 5.73. The Morgan fingerprint density at radius 1 is 1.35 bits per heavy atom. The molecule has 1 aromatic carbocycles. The second-order valence-electron chi connectivity index (χ2n) is 4.44. The highest BCUT2D eigenvalue weighted by Gasteiger charge is 2.07. The van der Waals surface area contributed by atoms with E-state index in [2.05, 4.69) is 10.3 Å². The largest absolute Gasteiger partial charge is 0.497 e. The van der Waals surface area contributed by atoms with E-state index in [1.54, 1.807) is 7.11 Å². The summed E-state index contributed by atoms with van der Waals surface area (Å²) in [5.41, 5.74) is 9.49. The molecule has 2 aromatic rings. The summed E-state index contributed by atoms with van der Waals surface area (Å²) >= 11 is 5.06. The van der Waals surface area contributed by atoms with Crippen molar-refractivity contribution >= 4 is 22.9 Å². The molecule has 0 aliphatic heterocycles. The lowest BCUT2D eigenvalue weighted by atomic mass is 10.1. The number of benzene rings is 1. The van der Waals surface area contributed by atoms with Gasteiger partial charge in [-0.3, -0.25) is 4.98 Å². The number of hydrogen-bond donors (Lipinski definition) is 2. The molecule has 0 spiro atoms. The molecule has 3 N–H and O–H groups in total. The second-order valence-corrected chi connectivity index (χ2v) is 4.88. The van der Waals surface area contributed by atoms with Crippen LogP contribution in [0.3, 0.4) is 0 Å². The molecule has 4 nitrogen and oxygen atoms in total. The first-order chi connectivity index (χ1) is 9.60. The lowest BCUT2D eigenvalue weighted by Crippen LogP contribution is -2.13. The molecule has 0 fully saturated rings. The number of hydrogen-bond acceptors (Lipinski definition) is 4. The maximum atomic E-state index is 5.73. The average molecular weight is 287 g/mol. The van der Waals surface area contributed by atoms with Gasteiger partial charge in [0.1, 0.15) is 10.7 Å². The molecule has 0 bridgehead atoms. The van der Waals surface area contributed by atoms with Gasteiger partial charge in [0.05, 0.1) is 7.11 Å². The summed E-state index contributed by atoms with van der Waals surface area (Å²) in [6.07, 6.45) is 1.85. The van der Waals surface area contributed by atoms with Gasteiger partial charge in [-0.05, 0) is 30.7 Å². The standard InChI is InChI=1S/C15H17N3OS/c1-10-3-4-11(8-17-10)9-18-14-7-12(19-2)5-6-13(14)15(16)20/h3-8,18H,9H2,1-2H3,(H2,16,20). The summed E-state index contributed by atoms with van der Waals surface area (Å²) < 4.78 is 5.22. The van der Waals surface area contributed by atoms with Crippen molar-refractivity contribution in [3.8, 4) is 5.75 Å². The number of nitrogens with zero attached hydrogens (tertiary/aromatic N) is 1. The smallest absolute Gasteiger partial charge is 0.120 e. The Kier molecular flexibility index (Phi) is 4.53. The lowest BCUT2D eigenvalue weighted by Gasteiger charge is -2.13. The molecule has 0 radical (unpaired) electrons. The van der Waals surface area contributed by atoms with E-state index in [0.29, 0.717) is 11.5 Å². The summed E-state index contributed by atoms with van der Waals surface area (Å²) in [5, 5.41) is 3.32. The van der Waals surface area contributed by atoms with Crippen molar-refractivity contribution in [2.75, 3.05) is 12.4 Å². The van der Waals surface area contributed by atoms with E-state index in [1.807, 2.05) is 43.5 Å². The highest BCUT2D eigenvalue weighted by atomic mass is 32.1. The van der Waals surface area contributed by atoms with Crippen LogP contribution in [0.25, 0.3) is 0 Å². The zero-order valence-electron chi connectivity index (χ0n) is 11.5. The fourth-order valence-electron chi connectivity index (χ4n) is 1.81. The molecule has 0 unspecified atom stereocenters. The van der Waals surface area contributed by atoms with Crippen molar-refractivity contribution in [1.82, 2.24) is 4.98 Å². The first kappa shape index (κ1) is 14.3. The van der Waals surface area contributed by atoms with Gasteiger partial charge in [0.15, 0.2) is 0 Å². The molecular weight excluding hydrogens is 270 g/mol. The van der Waals surface area contributed by atoms with E-state index >= 15 is 0 Å². The Hall–Kier alpha value is -2.14. The van der Waals surface area contributed by atoms with Gasteiger partial charge >= 0.3 is 0 Å². The average Bonchev–Trinajstić information content (AvgIpc) is 2.46. The van der Waals surface area contributed by atoms with E-state index in [-0.39, 0.29) is 0 Å². The zero-order chi connectivity index (χ0) is 14.5. The van der Waals surface area contributed by atoms with Gasteiger partial charge in [-0.1, -0.05) is 18.3 Å². The van der Waals surface area contributed by atoms with Gasteiger partial charge in [0, 0.05) is 35.8 Å². The van der Waals surface area contributed by atoms with Gasteiger partial charge in [-0.15, -0.1) is 0 Å². The molecule has 104 valence electrons. The monoisotopic (exact) mass is 287 g/mol. The van der Waals surface area contributed by atoms with Crippen LogP contribution in [0.4, 0.5) is 5.69 Å². The number of aryl methyl sites for hydroxylation is 1. The van der Waals surface area contributed by atoms with Gasteiger partial charge in [0.2, 0.25) is 0 Å². The van der Waals surface area contributed by atoms with E-state index < -0.39 is 0 Å². The van der Waals surface area contributed by atoms with Gasteiger partial charge < -0.3 is 15.8 Å². The van der Waals surface area contributed by atoms with Crippen LogP contribution in [0.2, 0.25) is 0 Å². The SMILES string of the molecule is COc1ccc(C(N)=S)c(NCc2ccc(C)nc2)c1. The molecule has 0 saturated carbocycles. The first-order valence-electron chi connectivity index (χ1n) is 6.23. The van der Waals surface area contributed by atoms with Crippen LogP contribution in [0, 0.1) is 6.92 Å². The Morgan fingerprint density at radius 2 is 2.15 bits per heavy atom. The minimum absolute atomic E-state index is 0.359. The van der Waals surface area contributed by atoms with E-state index in [4.69, 9.17) is 22.7 Å². The summed E-state index contributed by atoms with van der Waals surface area (Å²) in [5.74, 6) is 0.759. The molecule has 2 rings (SSSR count). The minimum Gasteiger partial charge on any atom is -0.497 e. The molecule has 0 amide bonds. The third-order valence-electron chi connectivity index (χ3n) is 2.95. The number of ether oxygens (including phenoxy) is 1. The Balaban J connectivity index is 2.18. The quantitative estimate of drug-likeness (QED) is 0.828. The van der Waals surface area contributed by atoms with E-state index in [0.717, 1.165) is 28.3 Å². The number of nitrogens with one attached hydrogen (secondary N) is 1. The summed E-state index contributed by atoms with van der Waals surface area (Å²) in [6.45, 7) is 2.61. The molecule has 0 aliphatic rings. The number of anilines is 1. The number of aromatic nitrogens is 1. The Morgan fingerprint density at radius 3 is 2.75 bits per heavy atom. The molecular formula is C15H17N3OS. The van der Waals surface area contributed by atoms with Crippen LogP contribution in [-0.2, 0) is 6.54 Å². The summed E-state index contributed by atoms with van der Waals surface area (Å²) in [4.78, 5) is 4.63. The molecule has 20 heavy (non-hydrogen) atoms. The highest BCUT2D eigenvalue weighted by Crippen LogP contribution is 2.23. The van der Waals surface area contributed by atoms with E-state index in [1.165, 1.54) is 0 Å².